The van der Waals surface area contributed by atoms with Crippen molar-refractivity contribution in [3.05, 3.63) is 33.9 Å². The molecule has 112 valence electrons. The SMILES string of the molecule is CC(C)(C)OCCN1C(=O)C(=O)c2cc([N+](=O)[O-])ccc21. The summed E-state index contributed by atoms with van der Waals surface area (Å²) in [6.45, 7) is 6.18. The fraction of sp³-hybridized carbons (Fsp3) is 0.429. The Morgan fingerprint density at radius 2 is 1.95 bits per heavy atom. The van der Waals surface area contributed by atoms with E-state index in [1.54, 1.807) is 0 Å². The third kappa shape index (κ3) is 3.08. The minimum atomic E-state index is -0.718. The third-order valence-electron chi connectivity index (χ3n) is 3.02. The molecule has 0 unspecified atom stereocenters. The predicted octanol–water partition coefficient (Wildman–Crippen LogP) is 1.94. The quantitative estimate of drug-likeness (QED) is 0.480. The van der Waals surface area contributed by atoms with Gasteiger partial charge in [0.05, 0.1) is 28.4 Å². The van der Waals surface area contributed by atoms with Crippen molar-refractivity contribution in [3.8, 4) is 0 Å². The number of ketones is 1. The molecular formula is C14H16N2O5. The largest absolute Gasteiger partial charge is 0.374 e. The highest BCUT2D eigenvalue weighted by molar-refractivity contribution is 6.52. The Bertz CT molecular complexity index is 618. The van der Waals surface area contributed by atoms with Gasteiger partial charge in [0.1, 0.15) is 0 Å². The van der Waals surface area contributed by atoms with Gasteiger partial charge in [-0.25, -0.2) is 0 Å². The number of ether oxygens (including phenoxy) is 1. The van der Waals surface area contributed by atoms with Crippen LogP contribution in [0.4, 0.5) is 11.4 Å². The molecule has 7 heteroatoms. The first-order valence-corrected chi connectivity index (χ1v) is 6.49. The molecule has 0 bridgehead atoms. The molecule has 0 radical (unpaired) electrons. The van der Waals surface area contributed by atoms with E-state index in [9.17, 15) is 19.7 Å². The van der Waals surface area contributed by atoms with Crippen LogP contribution >= 0.6 is 0 Å². The van der Waals surface area contributed by atoms with Gasteiger partial charge in [-0.05, 0) is 26.8 Å². The van der Waals surface area contributed by atoms with Crippen LogP contribution in [-0.2, 0) is 9.53 Å². The fourth-order valence-electron chi connectivity index (χ4n) is 2.07. The van der Waals surface area contributed by atoms with Crippen molar-refractivity contribution >= 4 is 23.1 Å². The Hall–Kier alpha value is -2.28. The minimum Gasteiger partial charge on any atom is -0.374 e. The number of hydrogen-bond donors (Lipinski definition) is 0. The molecule has 7 nitrogen and oxygen atoms in total. The van der Waals surface area contributed by atoms with E-state index in [1.807, 2.05) is 20.8 Å². The molecule has 0 saturated carbocycles. The highest BCUT2D eigenvalue weighted by atomic mass is 16.6. The van der Waals surface area contributed by atoms with Gasteiger partial charge in [-0.1, -0.05) is 0 Å². The van der Waals surface area contributed by atoms with Crippen molar-refractivity contribution in [3.63, 3.8) is 0 Å². The number of benzene rings is 1. The fourth-order valence-corrected chi connectivity index (χ4v) is 2.07. The summed E-state index contributed by atoms with van der Waals surface area (Å²) in [6.07, 6.45) is 0. The van der Waals surface area contributed by atoms with Gasteiger partial charge < -0.3 is 9.64 Å². The van der Waals surface area contributed by atoms with E-state index >= 15 is 0 Å². The molecule has 0 atom stereocenters. The number of rotatable bonds is 4. The van der Waals surface area contributed by atoms with Crippen LogP contribution in [-0.4, -0.2) is 35.4 Å². The molecule has 21 heavy (non-hydrogen) atoms. The van der Waals surface area contributed by atoms with Crippen LogP contribution in [0.2, 0.25) is 0 Å². The number of nitrogens with zero attached hydrogens (tertiary/aromatic N) is 2. The number of non-ortho nitro benzene ring substituents is 1. The maximum Gasteiger partial charge on any atom is 0.299 e. The smallest absolute Gasteiger partial charge is 0.299 e. The number of carbonyl (C=O) groups excluding carboxylic acids is 2. The predicted molar refractivity (Wildman–Crippen MR) is 75.5 cm³/mol. The van der Waals surface area contributed by atoms with Crippen LogP contribution in [0.3, 0.4) is 0 Å². The van der Waals surface area contributed by atoms with Gasteiger partial charge >= 0.3 is 0 Å². The van der Waals surface area contributed by atoms with Gasteiger partial charge in [0, 0.05) is 18.7 Å². The summed E-state index contributed by atoms with van der Waals surface area (Å²) in [5.41, 5.74) is -0.0776. The molecule has 1 aliphatic rings. The van der Waals surface area contributed by atoms with Gasteiger partial charge in [0.2, 0.25) is 0 Å². The second kappa shape index (κ2) is 5.25. The molecule has 0 aliphatic carbocycles. The molecule has 0 saturated heterocycles. The van der Waals surface area contributed by atoms with Gasteiger partial charge in [0.15, 0.2) is 0 Å². The highest BCUT2D eigenvalue weighted by Gasteiger charge is 2.36. The monoisotopic (exact) mass is 292 g/mol. The van der Waals surface area contributed by atoms with Crippen LogP contribution < -0.4 is 4.90 Å². The minimum absolute atomic E-state index is 0.0740. The molecule has 1 aromatic rings. The van der Waals surface area contributed by atoms with Crippen LogP contribution in [0.1, 0.15) is 31.1 Å². The van der Waals surface area contributed by atoms with Crippen LogP contribution in [0.5, 0.6) is 0 Å². The first kappa shape index (κ1) is 15.1. The molecule has 1 heterocycles. The first-order valence-electron chi connectivity index (χ1n) is 6.49. The Morgan fingerprint density at radius 3 is 2.52 bits per heavy atom. The number of anilines is 1. The van der Waals surface area contributed by atoms with Crippen LogP contribution in [0.15, 0.2) is 18.2 Å². The van der Waals surface area contributed by atoms with E-state index in [0.29, 0.717) is 5.69 Å². The van der Waals surface area contributed by atoms with Gasteiger partial charge in [-0.2, -0.15) is 0 Å². The van der Waals surface area contributed by atoms with E-state index in [0.717, 1.165) is 6.07 Å². The molecular weight excluding hydrogens is 276 g/mol. The van der Waals surface area contributed by atoms with Gasteiger partial charge in [0.25, 0.3) is 17.4 Å². The van der Waals surface area contributed by atoms with Crippen LogP contribution in [0.25, 0.3) is 0 Å². The number of fused-ring (bicyclic) bond motifs is 1. The summed E-state index contributed by atoms with van der Waals surface area (Å²) >= 11 is 0. The summed E-state index contributed by atoms with van der Waals surface area (Å²) in [5, 5.41) is 10.7. The topological polar surface area (TPSA) is 89.8 Å². The average Bonchev–Trinajstić information content (AvgIpc) is 2.62. The zero-order valence-electron chi connectivity index (χ0n) is 12.1. The molecule has 1 aromatic carbocycles. The highest BCUT2D eigenvalue weighted by Crippen LogP contribution is 2.31. The Kier molecular flexibility index (Phi) is 3.78. The average molecular weight is 292 g/mol. The lowest BCUT2D eigenvalue weighted by molar-refractivity contribution is -0.384. The Labute approximate surface area is 121 Å². The molecule has 0 fully saturated rings. The van der Waals surface area contributed by atoms with Crippen molar-refractivity contribution in [2.24, 2.45) is 0 Å². The lowest BCUT2D eigenvalue weighted by atomic mass is 10.1. The standard InChI is InChI=1S/C14H16N2O5/c1-14(2,3)21-7-6-15-11-5-4-9(16(19)20)8-10(11)12(17)13(15)18/h4-5,8H,6-7H2,1-3H3. The lowest BCUT2D eigenvalue weighted by Crippen LogP contribution is -2.34. The second-order valence-electron chi connectivity index (χ2n) is 5.71. The number of nitro benzene ring substituents is 1. The number of nitro groups is 1. The Balaban J connectivity index is 2.21. The molecule has 1 aliphatic heterocycles. The summed E-state index contributed by atoms with van der Waals surface area (Å²) in [5.74, 6) is -1.40. The zero-order chi connectivity index (χ0) is 15.8. The summed E-state index contributed by atoms with van der Waals surface area (Å²) in [7, 11) is 0. The summed E-state index contributed by atoms with van der Waals surface area (Å²) < 4.78 is 5.54. The number of hydrogen-bond acceptors (Lipinski definition) is 5. The third-order valence-corrected chi connectivity index (χ3v) is 3.02. The Morgan fingerprint density at radius 1 is 1.29 bits per heavy atom. The number of amides is 1. The zero-order valence-corrected chi connectivity index (χ0v) is 12.1. The van der Waals surface area contributed by atoms with Crippen LogP contribution in [0, 0.1) is 10.1 Å². The van der Waals surface area contributed by atoms with Crippen molar-refractivity contribution in [2.45, 2.75) is 26.4 Å². The van der Waals surface area contributed by atoms with E-state index in [1.165, 1.54) is 17.0 Å². The maximum atomic E-state index is 11.9. The van der Waals surface area contributed by atoms with E-state index in [4.69, 9.17) is 4.74 Å². The normalized spacial score (nSPS) is 14.5. The molecule has 0 N–H and O–H groups in total. The summed E-state index contributed by atoms with van der Waals surface area (Å²) in [6, 6.07) is 3.84. The number of carbonyl (C=O) groups is 2. The van der Waals surface area contributed by atoms with E-state index < -0.39 is 16.6 Å². The van der Waals surface area contributed by atoms with Gasteiger partial charge in [-0.3, -0.25) is 19.7 Å². The molecule has 1 amide bonds. The van der Waals surface area contributed by atoms with E-state index in [2.05, 4.69) is 0 Å². The summed E-state index contributed by atoms with van der Waals surface area (Å²) in [4.78, 5) is 35.3. The van der Waals surface area contributed by atoms with Crippen molar-refractivity contribution in [2.75, 3.05) is 18.1 Å². The number of Topliss-reactive ketones (excluding diaryl/α,β-unsaturated/α-hetero) is 1. The second-order valence-corrected chi connectivity index (χ2v) is 5.71. The van der Waals surface area contributed by atoms with Crippen molar-refractivity contribution < 1.29 is 19.2 Å². The molecule has 2 rings (SSSR count). The maximum absolute atomic E-state index is 11.9. The van der Waals surface area contributed by atoms with Crippen molar-refractivity contribution in [1.82, 2.24) is 0 Å². The lowest BCUT2D eigenvalue weighted by Gasteiger charge is -2.22. The molecule has 0 aromatic heterocycles. The molecule has 0 spiro atoms. The van der Waals surface area contributed by atoms with E-state index in [-0.39, 0.29) is 30.0 Å². The van der Waals surface area contributed by atoms with Gasteiger partial charge in [-0.15, -0.1) is 0 Å². The van der Waals surface area contributed by atoms with Crippen molar-refractivity contribution in [1.29, 1.82) is 0 Å². The first-order chi connectivity index (χ1) is 9.70.